The minimum atomic E-state index is 0. The van der Waals surface area contributed by atoms with E-state index in [0.29, 0.717) is 45.8 Å². The molecule has 0 amide bonds. The summed E-state index contributed by atoms with van der Waals surface area (Å²) in [5.41, 5.74) is 12.2. The molecule has 0 aliphatic carbocycles. The van der Waals surface area contributed by atoms with E-state index in [9.17, 15) is 0 Å². The summed E-state index contributed by atoms with van der Waals surface area (Å²) in [6.45, 7) is 8.33. The number of fused-ring (bicyclic) bond motifs is 4. The number of allylic oxidation sites excluding steroid dienone is 16. The van der Waals surface area contributed by atoms with Gasteiger partial charge in [-0.25, -0.2) is 20.0 Å². The maximum absolute atomic E-state index is 6.57. The summed E-state index contributed by atoms with van der Waals surface area (Å²) in [5.74, 6) is 2.62. The Bertz CT molecular complexity index is 3160. The second kappa shape index (κ2) is 22.8. The van der Waals surface area contributed by atoms with Crippen LogP contribution in [0, 0.1) is 0 Å². The number of rotatable bonds is 16. The third-order valence-corrected chi connectivity index (χ3v) is 11.2. The maximum Gasteiger partial charge on any atom is 0.134 e. The Morgan fingerprint density at radius 1 is 0.391 bits per heavy atom. The number of nitrogens with zero attached hydrogens (tertiary/aromatic N) is 4. The minimum absolute atomic E-state index is 0. The van der Waals surface area contributed by atoms with Crippen molar-refractivity contribution in [1.29, 1.82) is 0 Å². The Morgan fingerprint density at radius 3 is 1.29 bits per heavy atom. The third kappa shape index (κ3) is 10.7. The predicted molar refractivity (Wildman–Crippen MR) is 280 cm³/mol. The summed E-state index contributed by atoms with van der Waals surface area (Å²) < 4.78 is 26.0. The molecule has 5 heterocycles. The number of hydrogen-bond donors (Lipinski definition) is 0. The van der Waals surface area contributed by atoms with Gasteiger partial charge in [-0.05, 0) is 123 Å². The van der Waals surface area contributed by atoms with E-state index in [2.05, 4.69) is 58.0 Å². The van der Waals surface area contributed by atoms with Crippen molar-refractivity contribution >= 4 is 45.1 Å². The number of para-hydroxylation sites is 4. The molecule has 9 rings (SSSR count). The van der Waals surface area contributed by atoms with Gasteiger partial charge in [0.05, 0.1) is 70.7 Å². The Kier molecular flexibility index (Phi) is 15.8. The van der Waals surface area contributed by atoms with Crippen molar-refractivity contribution in [1.82, 2.24) is 0 Å². The van der Waals surface area contributed by atoms with E-state index in [1.807, 2.05) is 140 Å². The van der Waals surface area contributed by atoms with Crippen molar-refractivity contribution in [3.05, 3.63) is 240 Å². The van der Waals surface area contributed by atoms with Gasteiger partial charge in [0.2, 0.25) is 0 Å². The van der Waals surface area contributed by atoms with Crippen LogP contribution in [0.4, 0.5) is 0 Å². The first-order valence-corrected chi connectivity index (χ1v) is 23.3. The molecule has 0 fully saturated rings. The largest absolute Gasteiger partial charge is 0.465 e. The summed E-state index contributed by atoms with van der Waals surface area (Å²) in [6, 6.07) is 32.3. The topological polar surface area (TPSA) is 86.4 Å². The zero-order valence-electron chi connectivity index (χ0n) is 39.4. The molecule has 4 aromatic rings. The predicted octanol–water partition coefficient (Wildman–Crippen LogP) is 14.9. The molecule has 8 nitrogen and oxygen atoms in total. The zero-order chi connectivity index (χ0) is 46.7. The van der Waals surface area contributed by atoms with Gasteiger partial charge >= 0.3 is 0 Å². The van der Waals surface area contributed by atoms with Crippen LogP contribution in [-0.4, -0.2) is 22.8 Å². The van der Waals surface area contributed by atoms with Crippen molar-refractivity contribution in [3.63, 3.8) is 0 Å². The summed E-state index contributed by atoms with van der Waals surface area (Å²) >= 11 is 0. The molecule has 0 N–H and O–H groups in total. The van der Waals surface area contributed by atoms with E-state index >= 15 is 0 Å². The molecule has 0 saturated heterocycles. The van der Waals surface area contributed by atoms with Gasteiger partial charge < -0.3 is 18.9 Å². The molecule has 338 valence electrons. The number of hydrogen-bond acceptors (Lipinski definition) is 8. The molecule has 0 radical (unpaired) electrons. The molecule has 0 atom stereocenters. The molecule has 8 bridgehead atoms. The Balaban J connectivity index is 0.00000642. The van der Waals surface area contributed by atoms with Gasteiger partial charge in [0.1, 0.15) is 23.0 Å². The fourth-order valence-corrected chi connectivity index (χ4v) is 8.12. The smallest absolute Gasteiger partial charge is 0.134 e. The van der Waals surface area contributed by atoms with Crippen LogP contribution >= 0.6 is 0 Å². The number of aliphatic imine (C=N–C) groups is 4. The normalized spacial score (nSPS) is 16.2. The zero-order valence-corrected chi connectivity index (χ0v) is 42.4. The standard InChI is InChI=1S/C60H52N4O4.Zn/c1-5-9-33-65-52-25-17-13-21-46(52)50-39-45-38-43-30-29-41(61-43)37-42-31-32-44(62-42)40-51-56(47-22-14-18-26-53(47)66-34-10-6-2)57(48-23-15-19-27-54(48)67-35-11-7-3)60(64-51)58(59(50)63-45)49-24-16-20-28-55(49)68-36-12-8-4;/h9-40H,5-8H2,1-4H3;. The van der Waals surface area contributed by atoms with Gasteiger partial charge in [-0.15, -0.1) is 0 Å². The van der Waals surface area contributed by atoms with Crippen LogP contribution in [0.25, 0.3) is 22.3 Å². The molecule has 5 aliphatic rings. The minimum Gasteiger partial charge on any atom is -0.465 e. The molecule has 69 heavy (non-hydrogen) atoms. The second-order valence-electron chi connectivity index (χ2n) is 16.0. The van der Waals surface area contributed by atoms with E-state index < -0.39 is 0 Å². The average molecular weight is 958 g/mol. The van der Waals surface area contributed by atoms with Gasteiger partial charge in [0.25, 0.3) is 0 Å². The molecule has 0 spiro atoms. The monoisotopic (exact) mass is 956 g/mol. The van der Waals surface area contributed by atoms with Crippen LogP contribution in [0.15, 0.2) is 238 Å². The van der Waals surface area contributed by atoms with Gasteiger partial charge in [-0.3, -0.25) is 0 Å². The molecular weight excluding hydrogens is 906 g/mol. The van der Waals surface area contributed by atoms with Crippen LogP contribution in [-0.2, 0) is 19.5 Å². The quantitative estimate of drug-likeness (QED) is 0.0827. The maximum atomic E-state index is 6.57. The van der Waals surface area contributed by atoms with Gasteiger partial charge in [0, 0.05) is 64.0 Å². The van der Waals surface area contributed by atoms with Crippen molar-refractivity contribution in [2.24, 2.45) is 20.0 Å². The van der Waals surface area contributed by atoms with Crippen LogP contribution in [0.5, 0.6) is 23.0 Å². The average Bonchev–Trinajstić information content (AvgIpc) is 4.18. The molecule has 5 aliphatic heterocycles. The second-order valence-corrected chi connectivity index (χ2v) is 16.0. The first-order chi connectivity index (χ1) is 33.6. The summed E-state index contributed by atoms with van der Waals surface area (Å²) in [7, 11) is 0. The Hall–Kier alpha value is -7.74. The van der Waals surface area contributed by atoms with Crippen LogP contribution in [0.2, 0.25) is 0 Å². The molecule has 0 unspecified atom stereocenters. The third-order valence-electron chi connectivity index (χ3n) is 11.2. The summed E-state index contributed by atoms with van der Waals surface area (Å²) in [4.78, 5) is 21.5. The fraction of sp³-hybridized carbons (Fsp3) is 0.133. The number of benzene rings is 4. The van der Waals surface area contributed by atoms with E-state index in [1.165, 1.54) is 0 Å². The van der Waals surface area contributed by atoms with E-state index in [4.69, 9.17) is 38.9 Å². The van der Waals surface area contributed by atoms with Crippen molar-refractivity contribution in [3.8, 4) is 23.0 Å². The van der Waals surface area contributed by atoms with Crippen molar-refractivity contribution in [2.75, 3.05) is 0 Å². The Morgan fingerprint density at radius 2 is 0.797 bits per heavy atom. The molecule has 0 aromatic heterocycles. The van der Waals surface area contributed by atoms with Crippen LogP contribution in [0.3, 0.4) is 0 Å². The van der Waals surface area contributed by atoms with Crippen LogP contribution < -0.4 is 18.9 Å². The molecule has 0 saturated carbocycles. The van der Waals surface area contributed by atoms with E-state index in [0.717, 1.165) is 93.0 Å². The van der Waals surface area contributed by atoms with Gasteiger partial charge in [-0.2, -0.15) is 0 Å². The van der Waals surface area contributed by atoms with Crippen LogP contribution in [0.1, 0.15) is 75.6 Å². The van der Waals surface area contributed by atoms with Crippen molar-refractivity contribution in [2.45, 2.75) is 53.4 Å². The number of ether oxygens (including phenoxy) is 4. The first-order valence-electron chi connectivity index (χ1n) is 23.3. The summed E-state index contributed by atoms with van der Waals surface area (Å²) in [6.07, 6.45) is 34.4. The van der Waals surface area contributed by atoms with Crippen molar-refractivity contribution < 1.29 is 38.4 Å². The van der Waals surface area contributed by atoms with Gasteiger partial charge in [0.15, 0.2) is 0 Å². The van der Waals surface area contributed by atoms with Gasteiger partial charge in [-0.1, -0.05) is 100 Å². The van der Waals surface area contributed by atoms with E-state index in [1.54, 1.807) is 25.0 Å². The molecule has 4 aromatic carbocycles. The molecular formula is C60H52N4O4Zn. The Labute approximate surface area is 417 Å². The molecule has 9 heteroatoms. The SMILES string of the molecule is CCC=COc1ccccc1C1=CC2=CC3=NC(=CC4=NC(=CC5=NC(=C(c6ccccc6OC=CCC)C1=N2)C(c1ccccc1OC=CCC)=C5c1ccccc1OC=CCC)C=C4)C=C3.[Zn]. The summed E-state index contributed by atoms with van der Waals surface area (Å²) in [5, 5.41) is 0. The fourth-order valence-electron chi connectivity index (χ4n) is 8.12. The van der Waals surface area contributed by atoms with E-state index in [-0.39, 0.29) is 19.5 Å². The first kappa shape index (κ1) is 47.7.